The van der Waals surface area contributed by atoms with Crippen LogP contribution in [0.5, 0.6) is 0 Å². The number of aromatic amines is 2. The number of carbonyl (C=O) groups is 1. The number of H-pyrrole nitrogens is 2. The second kappa shape index (κ2) is 7.90. The molecule has 0 spiro atoms. The molecule has 1 amide bonds. The van der Waals surface area contributed by atoms with E-state index in [-0.39, 0.29) is 29.3 Å². The van der Waals surface area contributed by atoms with Gasteiger partial charge in [0, 0.05) is 14.1 Å². The number of amides is 1. The number of aryl methyl sites for hydroxylation is 1. The van der Waals surface area contributed by atoms with Gasteiger partial charge in [-0.25, -0.2) is 14.8 Å². The zero-order valence-corrected chi connectivity index (χ0v) is 18.0. The molecule has 0 radical (unpaired) electrons. The molecule has 3 heterocycles. The van der Waals surface area contributed by atoms with E-state index in [1.165, 1.54) is 18.7 Å². The number of hydrogen-bond acceptors (Lipinski definition) is 5. The Kier molecular flexibility index (Phi) is 4.89. The molecule has 0 saturated carbocycles. The van der Waals surface area contributed by atoms with Gasteiger partial charge >= 0.3 is 5.69 Å². The maximum Gasteiger partial charge on any atom is 0.332 e. The number of nitrogens with zero attached hydrogens (tertiary/aromatic N) is 4. The summed E-state index contributed by atoms with van der Waals surface area (Å²) in [6, 6.07) is 16.7. The molecular formula is C23H21N7O3. The van der Waals surface area contributed by atoms with Crippen LogP contribution in [-0.2, 0) is 25.3 Å². The maximum atomic E-state index is 13.0. The number of nitrogens with one attached hydrogen (secondary N) is 3. The van der Waals surface area contributed by atoms with E-state index in [4.69, 9.17) is 0 Å². The van der Waals surface area contributed by atoms with Crippen molar-refractivity contribution in [3.63, 3.8) is 0 Å². The Bertz CT molecular complexity index is 1580. The minimum Gasteiger partial charge on any atom is -0.342 e. The van der Waals surface area contributed by atoms with Gasteiger partial charge < -0.3 is 15.3 Å². The second-order valence-electron chi connectivity index (χ2n) is 7.82. The number of rotatable bonds is 5. The molecule has 3 N–H and O–H groups in total. The standard InChI is InChI=1S/C23H21N7O3/c1-29-21-19(22(32)30(2)23(29)33)26-16(27-21)12-17(31)28-18(13-8-4-3-5-9-13)20-24-14-10-6-7-11-15(14)25-20/h3-11,18H,12H2,1-2H3,(H,24,25)(H,26,27)(H,28,31). The minimum absolute atomic E-state index is 0.102. The molecule has 5 aromatic rings. The first-order valence-electron chi connectivity index (χ1n) is 10.4. The maximum absolute atomic E-state index is 13.0. The van der Waals surface area contributed by atoms with Crippen LogP contribution in [-0.4, -0.2) is 35.0 Å². The molecule has 10 nitrogen and oxygen atoms in total. The van der Waals surface area contributed by atoms with Gasteiger partial charge in [0.2, 0.25) is 5.91 Å². The largest absolute Gasteiger partial charge is 0.342 e. The van der Waals surface area contributed by atoms with E-state index in [9.17, 15) is 14.4 Å². The molecule has 0 aliphatic rings. The smallest absolute Gasteiger partial charge is 0.332 e. The van der Waals surface area contributed by atoms with Crippen molar-refractivity contribution < 1.29 is 4.79 Å². The average molecular weight is 443 g/mol. The van der Waals surface area contributed by atoms with Gasteiger partial charge in [-0.05, 0) is 17.7 Å². The molecule has 0 bridgehead atoms. The lowest BCUT2D eigenvalue weighted by molar-refractivity contribution is -0.121. The molecule has 166 valence electrons. The lowest BCUT2D eigenvalue weighted by Gasteiger charge is -2.17. The highest BCUT2D eigenvalue weighted by Gasteiger charge is 2.22. The summed E-state index contributed by atoms with van der Waals surface area (Å²) in [5.74, 6) is 0.582. The summed E-state index contributed by atoms with van der Waals surface area (Å²) in [5.41, 5.74) is 1.96. The third-order valence-electron chi connectivity index (χ3n) is 5.59. The van der Waals surface area contributed by atoms with Gasteiger partial charge in [0.25, 0.3) is 5.56 Å². The van der Waals surface area contributed by atoms with Crippen LogP contribution in [0.2, 0.25) is 0 Å². The highest BCUT2D eigenvalue weighted by molar-refractivity contribution is 5.80. The van der Waals surface area contributed by atoms with Gasteiger partial charge in [0.15, 0.2) is 5.65 Å². The Balaban J connectivity index is 1.47. The molecule has 33 heavy (non-hydrogen) atoms. The van der Waals surface area contributed by atoms with Gasteiger partial charge in [0.05, 0.1) is 17.5 Å². The lowest BCUT2D eigenvalue weighted by Crippen LogP contribution is -2.36. The summed E-state index contributed by atoms with van der Waals surface area (Å²) in [4.78, 5) is 52.7. The molecule has 0 aliphatic heterocycles. The van der Waals surface area contributed by atoms with Crippen molar-refractivity contribution in [3.05, 3.63) is 92.6 Å². The molecule has 3 aromatic heterocycles. The predicted octanol–water partition coefficient (Wildman–Crippen LogP) is 1.28. The number of aromatic nitrogens is 6. The zero-order chi connectivity index (χ0) is 23.1. The topological polar surface area (TPSA) is 130 Å². The molecular weight excluding hydrogens is 422 g/mol. The van der Waals surface area contributed by atoms with E-state index >= 15 is 0 Å². The van der Waals surface area contributed by atoms with Crippen LogP contribution in [0.25, 0.3) is 22.2 Å². The van der Waals surface area contributed by atoms with Crippen LogP contribution >= 0.6 is 0 Å². The fourth-order valence-electron chi connectivity index (χ4n) is 3.89. The van der Waals surface area contributed by atoms with E-state index in [2.05, 4.69) is 25.3 Å². The molecule has 0 saturated heterocycles. The summed E-state index contributed by atoms with van der Waals surface area (Å²) >= 11 is 0. The normalized spacial score (nSPS) is 12.3. The minimum atomic E-state index is -0.507. The Morgan fingerprint density at radius 1 is 0.970 bits per heavy atom. The fraction of sp³-hybridized carbons (Fsp3) is 0.174. The molecule has 10 heteroatoms. The highest BCUT2D eigenvalue weighted by Crippen LogP contribution is 2.22. The third-order valence-corrected chi connectivity index (χ3v) is 5.59. The first-order valence-corrected chi connectivity index (χ1v) is 10.4. The van der Waals surface area contributed by atoms with Crippen molar-refractivity contribution in [3.8, 4) is 0 Å². The highest BCUT2D eigenvalue weighted by atomic mass is 16.2. The average Bonchev–Trinajstić information content (AvgIpc) is 3.45. The second-order valence-corrected chi connectivity index (χ2v) is 7.82. The van der Waals surface area contributed by atoms with Crippen LogP contribution in [0.3, 0.4) is 0 Å². The number of hydrogen-bond donors (Lipinski definition) is 3. The SMILES string of the molecule is Cn1c(=O)c2[nH]c(CC(=O)NC(c3ccccc3)c3nc4ccccc4[nH]3)nc2n(C)c1=O. The molecule has 5 rings (SSSR count). The molecule has 1 unspecified atom stereocenters. The summed E-state index contributed by atoms with van der Waals surface area (Å²) in [7, 11) is 2.93. The van der Waals surface area contributed by atoms with E-state index in [1.807, 2.05) is 54.6 Å². The third kappa shape index (κ3) is 3.61. The summed E-state index contributed by atoms with van der Waals surface area (Å²) < 4.78 is 2.27. The van der Waals surface area contributed by atoms with E-state index in [1.54, 1.807) is 0 Å². The first-order chi connectivity index (χ1) is 15.9. The summed E-state index contributed by atoms with van der Waals surface area (Å²) in [6.45, 7) is 0. The van der Waals surface area contributed by atoms with Crippen molar-refractivity contribution in [1.29, 1.82) is 0 Å². The molecule has 0 fully saturated rings. The van der Waals surface area contributed by atoms with Crippen LogP contribution in [0.4, 0.5) is 0 Å². The fourth-order valence-corrected chi connectivity index (χ4v) is 3.89. The predicted molar refractivity (Wildman–Crippen MR) is 123 cm³/mol. The first kappa shape index (κ1) is 20.4. The number of imidazole rings is 2. The van der Waals surface area contributed by atoms with Crippen molar-refractivity contribution in [2.24, 2.45) is 14.1 Å². The summed E-state index contributed by atoms with van der Waals surface area (Å²) in [6.07, 6.45) is -0.102. The number of carbonyl (C=O) groups excluding carboxylic acids is 1. The van der Waals surface area contributed by atoms with Gasteiger partial charge in [0.1, 0.15) is 23.2 Å². The van der Waals surface area contributed by atoms with E-state index in [0.717, 1.165) is 21.2 Å². The quantitative estimate of drug-likeness (QED) is 0.377. The lowest BCUT2D eigenvalue weighted by atomic mass is 10.1. The van der Waals surface area contributed by atoms with Crippen molar-refractivity contribution in [2.75, 3.05) is 0 Å². The molecule has 0 aliphatic carbocycles. The van der Waals surface area contributed by atoms with Gasteiger partial charge in [-0.1, -0.05) is 42.5 Å². The van der Waals surface area contributed by atoms with Crippen molar-refractivity contribution in [2.45, 2.75) is 12.5 Å². The number of benzene rings is 2. The van der Waals surface area contributed by atoms with Crippen molar-refractivity contribution >= 4 is 28.1 Å². The Morgan fingerprint density at radius 3 is 2.45 bits per heavy atom. The van der Waals surface area contributed by atoms with Crippen LogP contribution in [0.1, 0.15) is 23.3 Å². The van der Waals surface area contributed by atoms with E-state index in [0.29, 0.717) is 5.82 Å². The Morgan fingerprint density at radius 2 is 1.70 bits per heavy atom. The van der Waals surface area contributed by atoms with Gasteiger partial charge in [-0.3, -0.25) is 18.7 Å². The zero-order valence-electron chi connectivity index (χ0n) is 18.0. The van der Waals surface area contributed by atoms with Gasteiger partial charge in [-0.2, -0.15) is 0 Å². The van der Waals surface area contributed by atoms with Crippen LogP contribution in [0.15, 0.2) is 64.2 Å². The number of para-hydroxylation sites is 2. The van der Waals surface area contributed by atoms with E-state index < -0.39 is 17.3 Å². The Labute approximate surface area is 186 Å². The molecule has 1 atom stereocenters. The summed E-state index contributed by atoms with van der Waals surface area (Å²) in [5, 5.41) is 3.01. The molecule has 2 aromatic carbocycles. The Hall–Kier alpha value is -4.47. The van der Waals surface area contributed by atoms with Crippen molar-refractivity contribution in [1.82, 2.24) is 34.4 Å². The monoisotopic (exact) mass is 443 g/mol. The van der Waals surface area contributed by atoms with Crippen LogP contribution < -0.4 is 16.6 Å². The van der Waals surface area contributed by atoms with Crippen LogP contribution in [0, 0.1) is 0 Å². The number of fused-ring (bicyclic) bond motifs is 2. The van der Waals surface area contributed by atoms with Gasteiger partial charge in [-0.15, -0.1) is 0 Å².